The van der Waals surface area contributed by atoms with E-state index in [9.17, 15) is 4.79 Å². The number of benzene rings is 2. The number of amides is 1. The summed E-state index contributed by atoms with van der Waals surface area (Å²) in [5, 5.41) is 0. The molecule has 2 aliphatic rings. The monoisotopic (exact) mass is 435 g/mol. The van der Waals surface area contributed by atoms with Gasteiger partial charge in [-0.05, 0) is 75.4 Å². The minimum absolute atomic E-state index is 0.175. The van der Waals surface area contributed by atoms with E-state index in [1.165, 1.54) is 18.4 Å². The van der Waals surface area contributed by atoms with E-state index >= 15 is 0 Å². The molecule has 1 spiro atoms. The van der Waals surface area contributed by atoms with Crippen LogP contribution in [0.3, 0.4) is 0 Å². The number of likely N-dealkylation sites (tertiary alicyclic amines) is 2. The fraction of sp³-hybridized carbons (Fsp3) is 0.519. The fourth-order valence-electron chi connectivity index (χ4n) is 5.14. The highest BCUT2D eigenvalue weighted by molar-refractivity contribution is 5.95. The van der Waals surface area contributed by atoms with Crippen LogP contribution in [0.4, 0.5) is 5.69 Å². The number of hydrogen-bond acceptors (Lipinski definition) is 4. The van der Waals surface area contributed by atoms with Crippen molar-refractivity contribution >= 4 is 11.6 Å². The van der Waals surface area contributed by atoms with Crippen molar-refractivity contribution in [2.45, 2.75) is 39.2 Å². The molecule has 2 fully saturated rings. The summed E-state index contributed by atoms with van der Waals surface area (Å²) >= 11 is 0. The van der Waals surface area contributed by atoms with E-state index in [0.717, 1.165) is 62.6 Å². The number of rotatable bonds is 6. The quantitative estimate of drug-likeness (QED) is 0.661. The predicted molar refractivity (Wildman–Crippen MR) is 130 cm³/mol. The molecule has 5 heteroatoms. The van der Waals surface area contributed by atoms with Crippen molar-refractivity contribution in [1.29, 1.82) is 0 Å². The van der Waals surface area contributed by atoms with E-state index in [1.807, 2.05) is 56.3 Å². The second-order valence-corrected chi connectivity index (χ2v) is 9.55. The molecule has 0 bridgehead atoms. The fourth-order valence-corrected chi connectivity index (χ4v) is 5.14. The van der Waals surface area contributed by atoms with E-state index in [2.05, 4.69) is 28.0 Å². The van der Waals surface area contributed by atoms with E-state index in [-0.39, 0.29) is 5.91 Å². The summed E-state index contributed by atoms with van der Waals surface area (Å²) < 4.78 is 5.81. The molecule has 0 atom stereocenters. The lowest BCUT2D eigenvalue weighted by Gasteiger charge is -2.47. The number of hydrogen-bond donors (Lipinski definition) is 0. The highest BCUT2D eigenvalue weighted by Crippen LogP contribution is 2.42. The van der Waals surface area contributed by atoms with Crippen LogP contribution in [0.15, 0.2) is 48.5 Å². The first kappa shape index (κ1) is 22.7. The zero-order chi connectivity index (χ0) is 22.6. The topological polar surface area (TPSA) is 36.0 Å². The van der Waals surface area contributed by atoms with Crippen LogP contribution in [0.5, 0.6) is 5.75 Å². The van der Waals surface area contributed by atoms with E-state index in [0.29, 0.717) is 12.0 Å². The van der Waals surface area contributed by atoms with Crippen LogP contribution in [-0.4, -0.2) is 62.6 Å². The third-order valence-electron chi connectivity index (χ3n) is 7.30. The summed E-state index contributed by atoms with van der Waals surface area (Å²) in [6, 6.07) is 16.4. The van der Waals surface area contributed by atoms with Gasteiger partial charge in [0.25, 0.3) is 5.91 Å². The SMILES string of the molecule is CCOc1ccccc1CN1CCC2(CC1)CCN(C(=O)c1cccc(N(C)C)c1)CC2. The van der Waals surface area contributed by atoms with Crippen LogP contribution >= 0.6 is 0 Å². The highest BCUT2D eigenvalue weighted by Gasteiger charge is 2.38. The lowest BCUT2D eigenvalue weighted by Crippen LogP contribution is -2.48. The Hall–Kier alpha value is -2.53. The maximum absolute atomic E-state index is 13.1. The van der Waals surface area contributed by atoms with Gasteiger partial charge < -0.3 is 14.5 Å². The van der Waals surface area contributed by atoms with Crippen LogP contribution in [0.1, 0.15) is 48.5 Å². The molecule has 2 aromatic carbocycles. The molecule has 172 valence electrons. The van der Waals surface area contributed by atoms with Crippen molar-refractivity contribution < 1.29 is 9.53 Å². The first-order chi connectivity index (χ1) is 15.5. The van der Waals surface area contributed by atoms with Gasteiger partial charge in [0.2, 0.25) is 0 Å². The van der Waals surface area contributed by atoms with Crippen LogP contribution in [0.2, 0.25) is 0 Å². The molecule has 0 aliphatic carbocycles. The third kappa shape index (κ3) is 5.09. The van der Waals surface area contributed by atoms with Gasteiger partial charge in [-0.3, -0.25) is 9.69 Å². The molecule has 5 nitrogen and oxygen atoms in total. The summed E-state index contributed by atoms with van der Waals surface area (Å²) in [4.78, 5) is 19.7. The van der Waals surface area contributed by atoms with Crippen LogP contribution < -0.4 is 9.64 Å². The maximum Gasteiger partial charge on any atom is 0.253 e. The van der Waals surface area contributed by atoms with Gasteiger partial charge in [-0.2, -0.15) is 0 Å². The molecule has 0 aromatic heterocycles. The minimum Gasteiger partial charge on any atom is -0.494 e. The van der Waals surface area contributed by atoms with Crippen molar-refractivity contribution in [2.75, 3.05) is 51.8 Å². The normalized spacial score (nSPS) is 18.5. The number of ether oxygens (including phenoxy) is 1. The number of para-hydroxylation sites is 1. The molecule has 0 N–H and O–H groups in total. The average Bonchev–Trinajstić information content (AvgIpc) is 2.82. The van der Waals surface area contributed by atoms with Gasteiger partial charge in [-0.15, -0.1) is 0 Å². The van der Waals surface area contributed by atoms with E-state index in [4.69, 9.17) is 4.74 Å². The largest absolute Gasteiger partial charge is 0.494 e. The standard InChI is InChI=1S/C27H37N3O2/c1-4-32-25-11-6-5-8-23(25)21-29-16-12-27(13-17-29)14-18-30(19-15-27)26(31)22-9-7-10-24(20-22)28(2)3/h5-11,20H,4,12-19,21H2,1-3H3. The summed E-state index contributed by atoms with van der Waals surface area (Å²) in [5.74, 6) is 1.19. The van der Waals surface area contributed by atoms with E-state index in [1.54, 1.807) is 0 Å². The molecular formula is C27H37N3O2. The maximum atomic E-state index is 13.1. The summed E-state index contributed by atoms with van der Waals surface area (Å²) in [5.41, 5.74) is 3.56. The second-order valence-electron chi connectivity index (χ2n) is 9.55. The van der Waals surface area contributed by atoms with Gasteiger partial charge in [0, 0.05) is 50.5 Å². The van der Waals surface area contributed by atoms with Gasteiger partial charge in [0.05, 0.1) is 6.61 Å². The Kier molecular flexibility index (Phi) is 7.04. The molecule has 2 heterocycles. The van der Waals surface area contributed by atoms with Crippen LogP contribution in [0.25, 0.3) is 0 Å². The Morgan fingerprint density at radius 3 is 2.34 bits per heavy atom. The first-order valence-electron chi connectivity index (χ1n) is 12.0. The van der Waals surface area contributed by atoms with Gasteiger partial charge in [0.15, 0.2) is 0 Å². The Morgan fingerprint density at radius 2 is 1.66 bits per heavy atom. The molecule has 0 radical (unpaired) electrons. The second kappa shape index (κ2) is 9.95. The van der Waals surface area contributed by atoms with Crippen molar-refractivity contribution in [1.82, 2.24) is 9.80 Å². The zero-order valence-electron chi connectivity index (χ0n) is 19.8. The molecule has 0 unspecified atom stereocenters. The van der Waals surface area contributed by atoms with E-state index < -0.39 is 0 Å². The third-order valence-corrected chi connectivity index (χ3v) is 7.30. The number of piperidine rings is 2. The van der Waals surface area contributed by atoms with Crippen molar-refractivity contribution in [3.63, 3.8) is 0 Å². The molecule has 32 heavy (non-hydrogen) atoms. The van der Waals surface area contributed by atoms with Crippen LogP contribution in [-0.2, 0) is 6.54 Å². The highest BCUT2D eigenvalue weighted by atomic mass is 16.5. The van der Waals surface area contributed by atoms with Gasteiger partial charge in [0.1, 0.15) is 5.75 Å². The molecule has 4 rings (SSSR count). The number of carbonyl (C=O) groups excluding carboxylic acids is 1. The smallest absolute Gasteiger partial charge is 0.253 e. The lowest BCUT2D eigenvalue weighted by molar-refractivity contribution is 0.0283. The lowest BCUT2D eigenvalue weighted by atomic mass is 9.71. The number of nitrogens with zero attached hydrogens (tertiary/aromatic N) is 3. The van der Waals surface area contributed by atoms with Crippen molar-refractivity contribution in [2.24, 2.45) is 5.41 Å². The summed E-state index contributed by atoms with van der Waals surface area (Å²) in [6.45, 7) is 7.69. The molecule has 1 amide bonds. The first-order valence-corrected chi connectivity index (χ1v) is 12.0. The Labute approximate surface area is 193 Å². The molecule has 2 saturated heterocycles. The van der Waals surface area contributed by atoms with Crippen molar-refractivity contribution in [3.8, 4) is 5.75 Å². The average molecular weight is 436 g/mol. The minimum atomic E-state index is 0.175. The number of carbonyl (C=O) groups is 1. The Balaban J connectivity index is 1.30. The predicted octanol–water partition coefficient (Wildman–Crippen LogP) is 4.67. The van der Waals surface area contributed by atoms with Gasteiger partial charge >= 0.3 is 0 Å². The molecule has 2 aromatic rings. The van der Waals surface area contributed by atoms with Gasteiger partial charge in [-0.25, -0.2) is 0 Å². The summed E-state index contributed by atoms with van der Waals surface area (Å²) in [6.07, 6.45) is 4.69. The molecule has 0 saturated carbocycles. The van der Waals surface area contributed by atoms with Crippen molar-refractivity contribution in [3.05, 3.63) is 59.7 Å². The Morgan fingerprint density at radius 1 is 0.969 bits per heavy atom. The van der Waals surface area contributed by atoms with Gasteiger partial charge in [-0.1, -0.05) is 24.3 Å². The number of anilines is 1. The molecule has 2 aliphatic heterocycles. The van der Waals surface area contributed by atoms with Crippen LogP contribution in [0, 0.1) is 5.41 Å². The Bertz CT molecular complexity index is 909. The summed E-state index contributed by atoms with van der Waals surface area (Å²) in [7, 11) is 4.02. The molecular weight excluding hydrogens is 398 g/mol. The zero-order valence-corrected chi connectivity index (χ0v) is 19.8.